The standard InChI is InChI=1S/C19H19N3O2S/c1-2-16-21-18-17(13-8-4-6-10-15(13)25-18)19(24)22(16)20-11-12-7-3-5-9-14(12)23/h3,5,7,9,11,23H,2,4,6,8,10H2,1H3/b20-11+. The number of thiophene rings is 1. The molecule has 1 aliphatic rings. The van der Waals surface area contributed by atoms with E-state index in [1.165, 1.54) is 22.2 Å². The van der Waals surface area contributed by atoms with Gasteiger partial charge in [-0.25, -0.2) is 4.98 Å². The molecule has 0 radical (unpaired) electrons. The smallest absolute Gasteiger partial charge is 0.283 e. The maximum Gasteiger partial charge on any atom is 0.283 e. The van der Waals surface area contributed by atoms with Gasteiger partial charge < -0.3 is 5.11 Å². The van der Waals surface area contributed by atoms with Crippen molar-refractivity contribution < 1.29 is 5.11 Å². The summed E-state index contributed by atoms with van der Waals surface area (Å²) in [5, 5.41) is 15.0. The van der Waals surface area contributed by atoms with Crippen molar-refractivity contribution in [3.63, 3.8) is 0 Å². The molecular formula is C19H19N3O2S. The van der Waals surface area contributed by atoms with Crippen LogP contribution in [0.3, 0.4) is 0 Å². The summed E-state index contributed by atoms with van der Waals surface area (Å²) in [6.07, 6.45) is 6.42. The molecule has 0 unspecified atom stereocenters. The lowest BCUT2D eigenvalue weighted by Crippen LogP contribution is -2.22. The molecule has 5 nitrogen and oxygen atoms in total. The van der Waals surface area contributed by atoms with E-state index in [1.807, 2.05) is 13.0 Å². The molecule has 128 valence electrons. The van der Waals surface area contributed by atoms with Crippen LogP contribution in [0.5, 0.6) is 5.75 Å². The van der Waals surface area contributed by atoms with Crippen molar-refractivity contribution in [2.24, 2.45) is 5.10 Å². The van der Waals surface area contributed by atoms with Crippen LogP contribution in [0.15, 0.2) is 34.2 Å². The quantitative estimate of drug-likeness (QED) is 0.733. The summed E-state index contributed by atoms with van der Waals surface area (Å²) in [5.74, 6) is 0.780. The highest BCUT2D eigenvalue weighted by Gasteiger charge is 2.21. The second-order valence-electron chi connectivity index (χ2n) is 6.19. The second kappa shape index (κ2) is 6.44. The first-order chi connectivity index (χ1) is 12.2. The fourth-order valence-corrected chi connectivity index (χ4v) is 4.57. The molecule has 25 heavy (non-hydrogen) atoms. The van der Waals surface area contributed by atoms with Crippen LogP contribution >= 0.6 is 11.3 Å². The third kappa shape index (κ3) is 2.76. The Labute approximate surface area is 149 Å². The van der Waals surface area contributed by atoms with Gasteiger partial charge in [0.2, 0.25) is 0 Å². The van der Waals surface area contributed by atoms with Crippen molar-refractivity contribution in [2.75, 3.05) is 0 Å². The highest BCUT2D eigenvalue weighted by molar-refractivity contribution is 7.18. The van der Waals surface area contributed by atoms with Crippen LogP contribution in [0.1, 0.15) is 41.6 Å². The van der Waals surface area contributed by atoms with Crippen LogP contribution in [0.2, 0.25) is 0 Å². The van der Waals surface area contributed by atoms with Gasteiger partial charge >= 0.3 is 0 Å². The van der Waals surface area contributed by atoms with E-state index in [-0.39, 0.29) is 11.3 Å². The van der Waals surface area contributed by atoms with Crippen LogP contribution in [0.25, 0.3) is 10.2 Å². The highest BCUT2D eigenvalue weighted by atomic mass is 32.1. The Morgan fingerprint density at radius 1 is 1.32 bits per heavy atom. The number of aromatic nitrogens is 2. The van der Waals surface area contributed by atoms with E-state index in [9.17, 15) is 9.90 Å². The number of benzene rings is 1. The number of hydrogen-bond acceptors (Lipinski definition) is 5. The van der Waals surface area contributed by atoms with E-state index in [0.717, 1.165) is 35.0 Å². The molecule has 0 fully saturated rings. The summed E-state index contributed by atoms with van der Waals surface area (Å²) in [7, 11) is 0. The summed E-state index contributed by atoms with van der Waals surface area (Å²) in [6.45, 7) is 1.97. The van der Waals surface area contributed by atoms with Crippen molar-refractivity contribution in [1.29, 1.82) is 0 Å². The fourth-order valence-electron chi connectivity index (χ4n) is 3.30. The van der Waals surface area contributed by atoms with Crippen LogP contribution in [-0.4, -0.2) is 21.0 Å². The largest absolute Gasteiger partial charge is 0.507 e. The van der Waals surface area contributed by atoms with Crippen LogP contribution in [0.4, 0.5) is 0 Å². The summed E-state index contributed by atoms with van der Waals surface area (Å²) < 4.78 is 1.39. The van der Waals surface area contributed by atoms with Gasteiger partial charge in [0.05, 0.1) is 11.6 Å². The predicted octanol–water partition coefficient (Wildman–Crippen LogP) is 3.49. The lowest BCUT2D eigenvalue weighted by Gasteiger charge is -2.10. The maximum absolute atomic E-state index is 13.1. The number of nitrogens with zero attached hydrogens (tertiary/aromatic N) is 3. The Balaban J connectivity index is 1.89. The molecule has 1 aromatic carbocycles. The molecule has 0 aliphatic heterocycles. The Morgan fingerprint density at radius 3 is 2.92 bits per heavy atom. The molecule has 1 aliphatic carbocycles. The number of phenols is 1. The molecule has 3 aromatic rings. The predicted molar refractivity (Wildman–Crippen MR) is 101 cm³/mol. The third-order valence-corrected chi connectivity index (χ3v) is 5.79. The molecule has 4 rings (SSSR count). The summed E-state index contributed by atoms with van der Waals surface area (Å²) in [4.78, 5) is 19.9. The van der Waals surface area contributed by atoms with Gasteiger partial charge in [-0.1, -0.05) is 19.1 Å². The fraction of sp³-hybridized carbons (Fsp3) is 0.316. The van der Waals surface area contributed by atoms with E-state index in [4.69, 9.17) is 4.98 Å². The number of phenolic OH excluding ortho intramolecular Hbond substituents is 1. The molecule has 1 N–H and O–H groups in total. The minimum absolute atomic E-state index is 0.104. The summed E-state index contributed by atoms with van der Waals surface area (Å²) >= 11 is 1.65. The van der Waals surface area contributed by atoms with Crippen molar-refractivity contribution in [3.8, 4) is 5.75 Å². The normalized spacial score (nSPS) is 14.3. The topological polar surface area (TPSA) is 67.5 Å². The molecule has 0 saturated carbocycles. The number of rotatable bonds is 3. The van der Waals surface area contributed by atoms with Gasteiger partial charge in [-0.3, -0.25) is 4.79 Å². The molecule has 6 heteroatoms. The summed E-state index contributed by atoms with van der Waals surface area (Å²) in [5.41, 5.74) is 1.63. The average molecular weight is 353 g/mol. The Hall–Kier alpha value is -2.47. The first-order valence-corrected chi connectivity index (χ1v) is 9.39. The van der Waals surface area contributed by atoms with Crippen LogP contribution in [-0.2, 0) is 19.3 Å². The molecule has 0 bridgehead atoms. The summed E-state index contributed by atoms with van der Waals surface area (Å²) in [6, 6.07) is 6.93. The Kier molecular flexibility index (Phi) is 4.13. The van der Waals surface area contributed by atoms with Crippen molar-refractivity contribution in [1.82, 2.24) is 9.66 Å². The van der Waals surface area contributed by atoms with Gasteiger partial charge in [0.15, 0.2) is 0 Å². The minimum Gasteiger partial charge on any atom is -0.507 e. The van der Waals surface area contributed by atoms with E-state index in [0.29, 0.717) is 17.8 Å². The first kappa shape index (κ1) is 16.0. The number of fused-ring (bicyclic) bond motifs is 3. The van der Waals surface area contributed by atoms with Gasteiger partial charge in [0.25, 0.3) is 5.56 Å². The first-order valence-electron chi connectivity index (χ1n) is 8.57. The second-order valence-corrected chi connectivity index (χ2v) is 7.28. The molecule has 2 aromatic heterocycles. The zero-order valence-corrected chi connectivity index (χ0v) is 14.8. The monoisotopic (exact) mass is 353 g/mol. The third-order valence-electron chi connectivity index (χ3n) is 4.60. The van der Waals surface area contributed by atoms with E-state index in [1.54, 1.807) is 29.5 Å². The molecule has 2 heterocycles. The van der Waals surface area contributed by atoms with Gasteiger partial charge in [-0.05, 0) is 43.4 Å². The van der Waals surface area contributed by atoms with Gasteiger partial charge in [-0.2, -0.15) is 9.78 Å². The molecule has 0 amide bonds. The van der Waals surface area contributed by atoms with E-state index < -0.39 is 0 Å². The minimum atomic E-state index is -0.104. The Morgan fingerprint density at radius 2 is 2.12 bits per heavy atom. The average Bonchev–Trinajstić information content (AvgIpc) is 3.00. The van der Waals surface area contributed by atoms with Gasteiger partial charge in [-0.15, -0.1) is 11.3 Å². The molecule has 0 spiro atoms. The van der Waals surface area contributed by atoms with Crippen molar-refractivity contribution in [2.45, 2.75) is 39.0 Å². The van der Waals surface area contributed by atoms with E-state index in [2.05, 4.69) is 5.10 Å². The maximum atomic E-state index is 13.1. The Bertz CT molecular complexity index is 1030. The number of para-hydroxylation sites is 1. The number of hydrogen-bond donors (Lipinski definition) is 1. The number of aryl methyl sites for hydroxylation is 3. The van der Waals surface area contributed by atoms with Crippen molar-refractivity contribution in [3.05, 3.63) is 56.4 Å². The zero-order valence-electron chi connectivity index (χ0n) is 14.0. The zero-order chi connectivity index (χ0) is 17.4. The molecule has 0 saturated heterocycles. The van der Waals surface area contributed by atoms with E-state index >= 15 is 0 Å². The van der Waals surface area contributed by atoms with Crippen LogP contribution < -0.4 is 5.56 Å². The van der Waals surface area contributed by atoms with Gasteiger partial charge in [0.1, 0.15) is 16.4 Å². The van der Waals surface area contributed by atoms with Crippen LogP contribution in [0, 0.1) is 0 Å². The van der Waals surface area contributed by atoms with Crippen molar-refractivity contribution >= 4 is 27.8 Å². The number of aromatic hydroxyl groups is 1. The lowest BCUT2D eigenvalue weighted by molar-refractivity contribution is 0.474. The SMILES string of the molecule is CCc1nc2sc3c(c2c(=O)n1/N=C/c1ccccc1O)CCCC3. The molecule has 0 atom stereocenters. The highest BCUT2D eigenvalue weighted by Crippen LogP contribution is 2.33. The van der Waals surface area contributed by atoms with Gasteiger partial charge in [0, 0.05) is 16.9 Å². The lowest BCUT2D eigenvalue weighted by atomic mass is 9.97. The molecular weight excluding hydrogens is 334 g/mol.